The van der Waals surface area contributed by atoms with Crippen molar-refractivity contribution in [3.05, 3.63) is 23.9 Å². The number of piperazine rings is 1. The van der Waals surface area contributed by atoms with Crippen molar-refractivity contribution in [3.63, 3.8) is 0 Å². The maximum Gasteiger partial charge on any atom is 0.322 e. The number of anilines is 1. The molecule has 2 rings (SSSR count). The van der Waals surface area contributed by atoms with E-state index in [9.17, 15) is 4.79 Å². The van der Waals surface area contributed by atoms with Crippen LogP contribution in [0.3, 0.4) is 0 Å². The van der Waals surface area contributed by atoms with Crippen LogP contribution in [0.1, 0.15) is 12.5 Å². The highest BCUT2D eigenvalue weighted by Gasteiger charge is 2.27. The molecule has 1 aliphatic rings. The van der Waals surface area contributed by atoms with Crippen LogP contribution in [0.4, 0.5) is 5.82 Å². The Hall–Kier alpha value is -2.13. The third-order valence-corrected chi connectivity index (χ3v) is 3.61. The summed E-state index contributed by atoms with van der Waals surface area (Å²) in [6.45, 7) is 4.83. The lowest BCUT2D eigenvalue weighted by atomic mass is 10.2. The second-order valence-corrected chi connectivity index (χ2v) is 4.71. The predicted octanol–water partition coefficient (Wildman–Crippen LogP) is 0.637. The summed E-state index contributed by atoms with van der Waals surface area (Å²) in [5.41, 5.74) is 0.585. The zero-order valence-corrected chi connectivity index (χ0v) is 11.7. The summed E-state index contributed by atoms with van der Waals surface area (Å²) < 4.78 is 4.76. The van der Waals surface area contributed by atoms with Crippen LogP contribution in [0.2, 0.25) is 0 Å². The number of hydrogen-bond acceptors (Lipinski definition) is 6. The van der Waals surface area contributed by atoms with E-state index in [1.165, 1.54) is 7.11 Å². The smallest absolute Gasteiger partial charge is 0.322 e. The van der Waals surface area contributed by atoms with E-state index in [4.69, 9.17) is 10.00 Å². The van der Waals surface area contributed by atoms with Crippen molar-refractivity contribution < 1.29 is 9.53 Å². The molecule has 1 saturated heterocycles. The maximum atomic E-state index is 11.5. The summed E-state index contributed by atoms with van der Waals surface area (Å²) in [4.78, 5) is 20.0. The average Bonchev–Trinajstić information content (AvgIpc) is 2.53. The molecule has 1 aromatic rings. The number of carbonyl (C=O) groups is 1. The van der Waals surface area contributed by atoms with E-state index >= 15 is 0 Å². The first-order chi connectivity index (χ1) is 9.67. The fraction of sp³-hybridized carbons (Fsp3) is 0.500. The Kier molecular flexibility index (Phi) is 4.53. The molecule has 6 heteroatoms. The lowest BCUT2D eigenvalue weighted by Gasteiger charge is -2.37. The van der Waals surface area contributed by atoms with Gasteiger partial charge in [-0.3, -0.25) is 9.69 Å². The van der Waals surface area contributed by atoms with Gasteiger partial charge in [-0.15, -0.1) is 0 Å². The largest absolute Gasteiger partial charge is 0.468 e. The standard InChI is InChI=1S/C14H18N4O2/c1-11(14(19)20-2)17-6-8-18(9-7-17)13-12(10-15)4-3-5-16-13/h3-5,11H,6-9H2,1-2H3. The minimum atomic E-state index is -0.235. The Labute approximate surface area is 118 Å². The quantitative estimate of drug-likeness (QED) is 0.753. The molecular formula is C14H18N4O2. The highest BCUT2D eigenvalue weighted by atomic mass is 16.5. The molecular weight excluding hydrogens is 256 g/mol. The third kappa shape index (κ3) is 2.89. The minimum absolute atomic E-state index is 0.214. The maximum absolute atomic E-state index is 11.5. The number of rotatable bonds is 3. The van der Waals surface area contributed by atoms with Crippen LogP contribution in [0.15, 0.2) is 18.3 Å². The Balaban J connectivity index is 2.01. The van der Waals surface area contributed by atoms with Crippen molar-refractivity contribution in [1.29, 1.82) is 5.26 Å². The lowest BCUT2D eigenvalue weighted by Crippen LogP contribution is -2.52. The molecule has 0 radical (unpaired) electrons. The van der Waals surface area contributed by atoms with Crippen LogP contribution < -0.4 is 4.90 Å². The average molecular weight is 274 g/mol. The summed E-state index contributed by atoms with van der Waals surface area (Å²) >= 11 is 0. The monoisotopic (exact) mass is 274 g/mol. The molecule has 0 amide bonds. The normalized spacial score (nSPS) is 17.4. The van der Waals surface area contributed by atoms with E-state index in [1.54, 1.807) is 18.3 Å². The van der Waals surface area contributed by atoms with Gasteiger partial charge in [0.15, 0.2) is 0 Å². The summed E-state index contributed by atoms with van der Waals surface area (Å²) in [5, 5.41) is 9.11. The summed E-state index contributed by atoms with van der Waals surface area (Å²) in [6.07, 6.45) is 1.69. The third-order valence-electron chi connectivity index (χ3n) is 3.61. The highest BCUT2D eigenvalue weighted by molar-refractivity contribution is 5.75. The second-order valence-electron chi connectivity index (χ2n) is 4.71. The van der Waals surface area contributed by atoms with E-state index in [-0.39, 0.29) is 12.0 Å². The second kappa shape index (κ2) is 6.35. The van der Waals surface area contributed by atoms with Gasteiger partial charge < -0.3 is 9.64 Å². The number of hydrogen-bond donors (Lipinski definition) is 0. The van der Waals surface area contributed by atoms with Crippen LogP contribution >= 0.6 is 0 Å². The van der Waals surface area contributed by atoms with Crippen LogP contribution in [-0.2, 0) is 9.53 Å². The molecule has 0 spiro atoms. The Morgan fingerprint density at radius 2 is 2.15 bits per heavy atom. The minimum Gasteiger partial charge on any atom is -0.468 e. The van der Waals surface area contributed by atoms with Crippen molar-refractivity contribution in [2.75, 3.05) is 38.2 Å². The molecule has 20 heavy (non-hydrogen) atoms. The fourth-order valence-corrected chi connectivity index (χ4v) is 2.38. The van der Waals surface area contributed by atoms with Gasteiger partial charge in [-0.2, -0.15) is 5.26 Å². The van der Waals surface area contributed by atoms with Gasteiger partial charge >= 0.3 is 5.97 Å². The molecule has 1 aromatic heterocycles. The summed E-state index contributed by atoms with van der Waals surface area (Å²) in [7, 11) is 1.40. The summed E-state index contributed by atoms with van der Waals surface area (Å²) in [5.74, 6) is 0.509. The van der Waals surface area contributed by atoms with Crippen LogP contribution in [0.25, 0.3) is 0 Å². The Bertz CT molecular complexity index is 518. The predicted molar refractivity (Wildman–Crippen MR) is 74.2 cm³/mol. The van der Waals surface area contributed by atoms with Crippen molar-refractivity contribution in [2.24, 2.45) is 0 Å². The SMILES string of the molecule is COC(=O)C(C)N1CCN(c2ncccc2C#N)CC1. The van der Waals surface area contributed by atoms with Gasteiger partial charge in [-0.05, 0) is 19.1 Å². The molecule has 6 nitrogen and oxygen atoms in total. The van der Waals surface area contributed by atoms with Crippen LogP contribution in [-0.4, -0.2) is 55.2 Å². The number of carbonyl (C=O) groups excluding carboxylic acids is 1. The van der Waals surface area contributed by atoms with Gasteiger partial charge in [-0.25, -0.2) is 4.98 Å². The van der Waals surface area contributed by atoms with Crippen LogP contribution in [0, 0.1) is 11.3 Å². The molecule has 1 unspecified atom stereocenters. The van der Waals surface area contributed by atoms with Gasteiger partial charge in [0, 0.05) is 32.4 Å². The molecule has 106 valence electrons. The molecule has 0 N–H and O–H groups in total. The highest BCUT2D eigenvalue weighted by Crippen LogP contribution is 2.18. The first kappa shape index (κ1) is 14.3. The van der Waals surface area contributed by atoms with E-state index < -0.39 is 0 Å². The Morgan fingerprint density at radius 3 is 2.75 bits per heavy atom. The number of ether oxygens (including phenoxy) is 1. The molecule has 1 fully saturated rings. The topological polar surface area (TPSA) is 69.5 Å². The van der Waals surface area contributed by atoms with Gasteiger partial charge in [0.2, 0.25) is 0 Å². The molecule has 1 atom stereocenters. The van der Waals surface area contributed by atoms with Gasteiger partial charge in [0.1, 0.15) is 17.9 Å². The zero-order valence-electron chi connectivity index (χ0n) is 11.7. The molecule has 0 aliphatic carbocycles. The Morgan fingerprint density at radius 1 is 1.45 bits per heavy atom. The molecule has 2 heterocycles. The number of nitriles is 1. The number of pyridine rings is 1. The van der Waals surface area contributed by atoms with Crippen molar-refractivity contribution >= 4 is 11.8 Å². The van der Waals surface area contributed by atoms with Crippen molar-refractivity contribution in [2.45, 2.75) is 13.0 Å². The summed E-state index contributed by atoms with van der Waals surface area (Å²) in [6, 6.07) is 5.46. The van der Waals surface area contributed by atoms with E-state index in [0.29, 0.717) is 5.56 Å². The van der Waals surface area contributed by atoms with Crippen molar-refractivity contribution in [1.82, 2.24) is 9.88 Å². The number of aromatic nitrogens is 1. The first-order valence-electron chi connectivity index (χ1n) is 6.59. The van der Waals surface area contributed by atoms with Gasteiger partial charge in [0.05, 0.1) is 12.7 Å². The number of esters is 1. The molecule has 1 aliphatic heterocycles. The van der Waals surface area contributed by atoms with Gasteiger partial charge in [0.25, 0.3) is 0 Å². The molecule has 0 saturated carbocycles. The van der Waals surface area contributed by atoms with Crippen molar-refractivity contribution in [3.8, 4) is 6.07 Å². The number of methoxy groups -OCH3 is 1. The van der Waals surface area contributed by atoms with E-state index in [2.05, 4.69) is 20.9 Å². The lowest BCUT2D eigenvalue weighted by molar-refractivity contribution is -0.146. The zero-order chi connectivity index (χ0) is 14.5. The van der Waals surface area contributed by atoms with E-state index in [1.807, 2.05) is 6.92 Å². The number of nitrogens with zero attached hydrogens (tertiary/aromatic N) is 4. The first-order valence-corrected chi connectivity index (χ1v) is 6.59. The van der Waals surface area contributed by atoms with Crippen LogP contribution in [0.5, 0.6) is 0 Å². The van der Waals surface area contributed by atoms with Gasteiger partial charge in [-0.1, -0.05) is 0 Å². The fourth-order valence-electron chi connectivity index (χ4n) is 2.38. The molecule has 0 aromatic carbocycles. The van der Waals surface area contributed by atoms with E-state index in [0.717, 1.165) is 32.0 Å². The molecule has 0 bridgehead atoms.